The van der Waals surface area contributed by atoms with Crippen molar-refractivity contribution in [3.05, 3.63) is 64.0 Å². The van der Waals surface area contributed by atoms with Gasteiger partial charge in [-0.2, -0.15) is 13.2 Å². The minimum absolute atomic E-state index is 0. The quantitative estimate of drug-likeness (QED) is 0.869. The number of amides is 1. The summed E-state index contributed by atoms with van der Waals surface area (Å²) in [6.45, 7) is 3.36. The zero-order valence-electron chi connectivity index (χ0n) is 13.4. The molecule has 25 heavy (non-hydrogen) atoms. The van der Waals surface area contributed by atoms with E-state index in [1.165, 1.54) is 18.1 Å². The van der Waals surface area contributed by atoms with Crippen LogP contribution in [0.25, 0.3) is 0 Å². The number of benzene rings is 1. The molecule has 0 aliphatic carbocycles. The maximum atomic E-state index is 12.6. The number of alkyl halides is 3. The SMILES string of the molecule is Cc1nc(C(F)(F)F)ccc1C(=O)NCc1ccc2c(c1)CNC2.Cl. The van der Waals surface area contributed by atoms with E-state index >= 15 is 0 Å². The van der Waals surface area contributed by atoms with Crippen LogP contribution in [-0.4, -0.2) is 10.9 Å². The molecule has 2 N–H and O–H groups in total. The van der Waals surface area contributed by atoms with Crippen LogP contribution >= 0.6 is 12.4 Å². The van der Waals surface area contributed by atoms with E-state index < -0.39 is 17.8 Å². The van der Waals surface area contributed by atoms with E-state index in [0.29, 0.717) is 6.54 Å². The molecule has 2 aromatic rings. The summed E-state index contributed by atoms with van der Waals surface area (Å²) in [5.74, 6) is -0.438. The second-order valence-corrected chi connectivity index (χ2v) is 5.72. The number of aromatic nitrogens is 1. The number of aryl methyl sites for hydroxylation is 1. The summed E-state index contributed by atoms with van der Waals surface area (Å²) in [6.07, 6.45) is -4.52. The zero-order valence-corrected chi connectivity index (χ0v) is 14.2. The van der Waals surface area contributed by atoms with Crippen molar-refractivity contribution in [2.45, 2.75) is 32.7 Å². The van der Waals surface area contributed by atoms with E-state index in [0.717, 1.165) is 30.8 Å². The smallest absolute Gasteiger partial charge is 0.348 e. The van der Waals surface area contributed by atoms with Crippen molar-refractivity contribution >= 4 is 18.3 Å². The van der Waals surface area contributed by atoms with Crippen LogP contribution in [-0.2, 0) is 25.8 Å². The summed E-state index contributed by atoms with van der Waals surface area (Å²) in [5.41, 5.74) is 2.60. The van der Waals surface area contributed by atoms with Crippen LogP contribution in [0.15, 0.2) is 30.3 Å². The number of nitrogens with one attached hydrogen (secondary N) is 2. The summed E-state index contributed by atoms with van der Waals surface area (Å²) in [6, 6.07) is 7.95. The zero-order chi connectivity index (χ0) is 17.3. The molecule has 8 heteroatoms. The minimum atomic E-state index is -4.52. The van der Waals surface area contributed by atoms with Gasteiger partial charge < -0.3 is 10.6 Å². The third-order valence-electron chi connectivity index (χ3n) is 3.98. The fraction of sp³-hybridized carbons (Fsp3) is 0.294. The van der Waals surface area contributed by atoms with Crippen molar-refractivity contribution in [2.24, 2.45) is 0 Å². The molecule has 1 aromatic heterocycles. The topological polar surface area (TPSA) is 54.0 Å². The predicted octanol–water partition coefficient (Wildman–Crippen LogP) is 3.36. The Morgan fingerprint density at radius 1 is 1.20 bits per heavy atom. The molecule has 0 radical (unpaired) electrons. The summed E-state index contributed by atoms with van der Waals surface area (Å²) < 4.78 is 37.8. The van der Waals surface area contributed by atoms with Crippen molar-refractivity contribution in [1.29, 1.82) is 0 Å². The number of halogens is 4. The molecule has 2 heterocycles. The number of nitrogens with zero attached hydrogens (tertiary/aromatic N) is 1. The number of hydrogen-bond acceptors (Lipinski definition) is 3. The van der Waals surface area contributed by atoms with Crippen LogP contribution in [0.1, 0.15) is 38.4 Å². The second-order valence-electron chi connectivity index (χ2n) is 5.72. The van der Waals surface area contributed by atoms with E-state index in [1.54, 1.807) is 0 Å². The molecule has 0 saturated heterocycles. The van der Waals surface area contributed by atoms with Gasteiger partial charge in [0.1, 0.15) is 5.69 Å². The van der Waals surface area contributed by atoms with E-state index in [-0.39, 0.29) is 23.7 Å². The van der Waals surface area contributed by atoms with Crippen LogP contribution in [0.3, 0.4) is 0 Å². The van der Waals surface area contributed by atoms with Gasteiger partial charge in [0, 0.05) is 19.6 Å². The molecule has 3 rings (SSSR count). The van der Waals surface area contributed by atoms with Crippen LogP contribution in [0.2, 0.25) is 0 Å². The highest BCUT2D eigenvalue weighted by Gasteiger charge is 2.33. The number of hydrogen-bond donors (Lipinski definition) is 2. The molecule has 0 bridgehead atoms. The van der Waals surface area contributed by atoms with Crippen molar-refractivity contribution in [2.75, 3.05) is 0 Å². The summed E-state index contributed by atoms with van der Waals surface area (Å²) in [4.78, 5) is 15.7. The van der Waals surface area contributed by atoms with Gasteiger partial charge in [0.2, 0.25) is 0 Å². The Hall–Kier alpha value is -2.12. The van der Waals surface area contributed by atoms with Crippen LogP contribution in [0.5, 0.6) is 0 Å². The minimum Gasteiger partial charge on any atom is -0.348 e. The molecule has 0 saturated carbocycles. The second kappa shape index (κ2) is 7.41. The summed E-state index contributed by atoms with van der Waals surface area (Å²) in [7, 11) is 0. The van der Waals surface area contributed by atoms with Crippen molar-refractivity contribution in [3.63, 3.8) is 0 Å². The Balaban J connectivity index is 0.00000225. The molecular weight excluding hydrogens is 355 g/mol. The van der Waals surface area contributed by atoms with Crippen LogP contribution in [0, 0.1) is 6.92 Å². The maximum absolute atomic E-state index is 12.6. The molecule has 1 aliphatic heterocycles. The standard InChI is InChI=1S/C17H16F3N3O.ClH/c1-10-14(4-5-15(23-10)17(18,19)20)16(24)22-7-11-2-3-12-8-21-9-13(12)6-11;/h2-6,21H,7-9H2,1H3,(H,22,24);1H. The van der Waals surface area contributed by atoms with E-state index in [4.69, 9.17) is 0 Å². The van der Waals surface area contributed by atoms with Crippen LogP contribution in [0.4, 0.5) is 13.2 Å². The van der Waals surface area contributed by atoms with Crippen molar-refractivity contribution in [3.8, 4) is 0 Å². The highest BCUT2D eigenvalue weighted by molar-refractivity contribution is 5.95. The third kappa shape index (κ3) is 4.29. The first-order valence-corrected chi connectivity index (χ1v) is 7.49. The molecule has 0 atom stereocenters. The first kappa shape index (κ1) is 19.2. The molecular formula is C17H17ClF3N3O. The lowest BCUT2D eigenvalue weighted by atomic mass is 10.1. The normalized spacial score (nSPS) is 13.1. The highest BCUT2D eigenvalue weighted by atomic mass is 35.5. The Labute approximate surface area is 149 Å². The molecule has 1 aliphatic rings. The van der Waals surface area contributed by atoms with Gasteiger partial charge in [-0.1, -0.05) is 18.2 Å². The average Bonchev–Trinajstić information content (AvgIpc) is 2.99. The van der Waals surface area contributed by atoms with Crippen LogP contribution < -0.4 is 10.6 Å². The number of rotatable bonds is 3. The molecule has 1 aromatic carbocycles. The first-order valence-electron chi connectivity index (χ1n) is 7.49. The Bertz CT molecular complexity index is 793. The van der Waals surface area contributed by atoms with Crippen molar-refractivity contribution in [1.82, 2.24) is 15.6 Å². The summed E-state index contributed by atoms with van der Waals surface area (Å²) >= 11 is 0. The molecule has 0 unspecified atom stereocenters. The van der Waals surface area contributed by atoms with Gasteiger partial charge in [-0.05, 0) is 35.7 Å². The van der Waals surface area contributed by atoms with Gasteiger partial charge in [0.15, 0.2) is 0 Å². The molecule has 134 valence electrons. The van der Waals surface area contributed by atoms with Gasteiger partial charge in [0.25, 0.3) is 5.91 Å². The van der Waals surface area contributed by atoms with Gasteiger partial charge in [-0.3, -0.25) is 4.79 Å². The lowest BCUT2D eigenvalue weighted by molar-refractivity contribution is -0.141. The Kier molecular flexibility index (Phi) is 5.69. The van der Waals surface area contributed by atoms with Crippen molar-refractivity contribution < 1.29 is 18.0 Å². The van der Waals surface area contributed by atoms with E-state index in [1.807, 2.05) is 18.2 Å². The summed E-state index contributed by atoms with van der Waals surface area (Å²) in [5, 5.41) is 5.97. The predicted molar refractivity (Wildman–Crippen MR) is 89.4 cm³/mol. The molecule has 1 amide bonds. The van der Waals surface area contributed by atoms with Gasteiger partial charge in [0.05, 0.1) is 11.3 Å². The average molecular weight is 372 g/mol. The van der Waals surface area contributed by atoms with E-state index in [2.05, 4.69) is 15.6 Å². The fourth-order valence-corrected chi connectivity index (χ4v) is 2.69. The number of carbonyl (C=O) groups excluding carboxylic acids is 1. The highest BCUT2D eigenvalue weighted by Crippen LogP contribution is 2.28. The number of fused-ring (bicyclic) bond motifs is 1. The number of pyridine rings is 1. The van der Waals surface area contributed by atoms with Gasteiger partial charge in [-0.25, -0.2) is 4.98 Å². The fourth-order valence-electron chi connectivity index (χ4n) is 2.69. The third-order valence-corrected chi connectivity index (χ3v) is 3.98. The Morgan fingerprint density at radius 2 is 1.92 bits per heavy atom. The molecule has 4 nitrogen and oxygen atoms in total. The maximum Gasteiger partial charge on any atom is 0.433 e. The molecule has 0 fully saturated rings. The Morgan fingerprint density at radius 3 is 2.60 bits per heavy atom. The largest absolute Gasteiger partial charge is 0.433 e. The van der Waals surface area contributed by atoms with Gasteiger partial charge in [-0.15, -0.1) is 12.4 Å². The lowest BCUT2D eigenvalue weighted by Gasteiger charge is -2.11. The lowest BCUT2D eigenvalue weighted by Crippen LogP contribution is -2.24. The number of carbonyl (C=O) groups is 1. The van der Waals surface area contributed by atoms with Gasteiger partial charge >= 0.3 is 6.18 Å². The first-order chi connectivity index (χ1) is 11.3. The monoisotopic (exact) mass is 371 g/mol. The van der Waals surface area contributed by atoms with E-state index in [9.17, 15) is 18.0 Å². The molecule has 0 spiro atoms.